The molecule has 3 aromatic rings. The first kappa shape index (κ1) is 34.5. The number of piperidine rings is 1. The van der Waals surface area contributed by atoms with Crippen LogP contribution in [0.4, 0.5) is 41.9 Å². The van der Waals surface area contributed by atoms with E-state index in [0.29, 0.717) is 35.0 Å². The third-order valence-corrected chi connectivity index (χ3v) is 9.62. The van der Waals surface area contributed by atoms with E-state index in [9.17, 15) is 18.0 Å². The second kappa shape index (κ2) is 15.0. The molecule has 4 heterocycles. The number of carbonyl (C=O) groups excluding carboxylic acids is 1. The lowest BCUT2D eigenvalue weighted by molar-refractivity contribution is -0.111. The number of amides is 1. The Morgan fingerprint density at radius 2 is 1.73 bits per heavy atom. The molecule has 1 aromatic heterocycles. The summed E-state index contributed by atoms with van der Waals surface area (Å²) in [6.45, 7) is 14.2. The number of methoxy groups -OCH3 is 1. The lowest BCUT2D eigenvalue weighted by Crippen LogP contribution is -2.54. The molecule has 6 rings (SSSR count). The van der Waals surface area contributed by atoms with E-state index in [1.165, 1.54) is 17.5 Å². The number of halogens is 3. The zero-order chi connectivity index (χ0) is 34.7. The van der Waals surface area contributed by atoms with E-state index in [2.05, 4.69) is 55.7 Å². The Kier molecular flexibility index (Phi) is 10.6. The van der Waals surface area contributed by atoms with Crippen LogP contribution in [0.2, 0.25) is 0 Å². The van der Waals surface area contributed by atoms with Gasteiger partial charge in [0.25, 0.3) is 0 Å². The van der Waals surface area contributed by atoms with Crippen LogP contribution in [0, 0.1) is 17.5 Å². The van der Waals surface area contributed by atoms with Gasteiger partial charge in [-0.25, -0.2) is 28.2 Å². The first-order valence-corrected chi connectivity index (χ1v) is 16.7. The second-order valence-electron chi connectivity index (χ2n) is 12.8. The number of hydrogen-bond acceptors (Lipinski definition) is 10. The normalized spacial score (nSPS) is 19.4. The number of nitrogens with one attached hydrogen (secondary N) is 2. The molecule has 0 saturated carbocycles. The molecule has 3 aliphatic rings. The molecule has 0 spiro atoms. The first-order valence-electron chi connectivity index (χ1n) is 16.7. The minimum Gasteiger partial charge on any atom is -0.494 e. The fourth-order valence-electron chi connectivity index (χ4n) is 6.95. The summed E-state index contributed by atoms with van der Waals surface area (Å²) in [7, 11) is 1.56. The minimum absolute atomic E-state index is 0.153. The summed E-state index contributed by atoms with van der Waals surface area (Å²) in [6, 6.07) is 7.00. The number of piperazine rings is 1. The summed E-state index contributed by atoms with van der Waals surface area (Å²) in [5, 5.41) is 7.43. The van der Waals surface area contributed by atoms with Gasteiger partial charge in [0.2, 0.25) is 5.91 Å². The molecule has 0 radical (unpaired) electrons. The number of anilines is 5. The van der Waals surface area contributed by atoms with Crippen LogP contribution in [0.3, 0.4) is 0 Å². The maximum atomic E-state index is 14.7. The number of ether oxygens (including phenoxy) is 1. The van der Waals surface area contributed by atoms with Gasteiger partial charge in [-0.1, -0.05) is 6.58 Å². The van der Waals surface area contributed by atoms with E-state index in [-0.39, 0.29) is 24.8 Å². The smallest absolute Gasteiger partial charge is 0.247 e. The van der Waals surface area contributed by atoms with E-state index in [1.54, 1.807) is 19.2 Å². The molecular formula is C35H43F3N8O3. The monoisotopic (exact) mass is 680 g/mol. The molecule has 14 heteroatoms. The maximum absolute atomic E-state index is 14.7. The van der Waals surface area contributed by atoms with Crippen molar-refractivity contribution in [3.05, 3.63) is 72.3 Å². The molecule has 49 heavy (non-hydrogen) atoms. The van der Waals surface area contributed by atoms with Gasteiger partial charge >= 0.3 is 0 Å². The van der Waals surface area contributed by atoms with Gasteiger partial charge in [-0.3, -0.25) is 19.4 Å². The molecule has 0 bridgehead atoms. The molecule has 1 amide bonds. The summed E-state index contributed by atoms with van der Waals surface area (Å²) >= 11 is 0. The maximum Gasteiger partial charge on any atom is 0.247 e. The fraction of sp³-hybridized carbons (Fsp3) is 0.457. The summed E-state index contributed by atoms with van der Waals surface area (Å²) in [5.41, 5.74) is 1.49. The number of carbonyl (C=O) groups is 1. The number of hydrogen-bond donors (Lipinski definition) is 2. The Morgan fingerprint density at radius 3 is 2.43 bits per heavy atom. The summed E-state index contributed by atoms with van der Waals surface area (Å²) in [4.78, 5) is 34.2. The Morgan fingerprint density at radius 1 is 1.00 bits per heavy atom. The third kappa shape index (κ3) is 7.46. The number of rotatable bonds is 10. The van der Waals surface area contributed by atoms with Crippen molar-refractivity contribution < 1.29 is 27.5 Å². The van der Waals surface area contributed by atoms with Crippen molar-refractivity contribution in [1.29, 1.82) is 0 Å². The molecule has 1 atom stereocenters. The molecule has 0 aliphatic carbocycles. The molecule has 3 saturated heterocycles. The van der Waals surface area contributed by atoms with Crippen molar-refractivity contribution in [3.63, 3.8) is 0 Å². The van der Waals surface area contributed by atoms with Crippen molar-refractivity contribution in [3.8, 4) is 5.75 Å². The van der Waals surface area contributed by atoms with Gasteiger partial charge in [-0.15, -0.1) is 0 Å². The fourth-order valence-corrected chi connectivity index (χ4v) is 6.95. The second-order valence-corrected chi connectivity index (χ2v) is 12.8. The molecule has 3 fully saturated rings. The summed E-state index contributed by atoms with van der Waals surface area (Å²) in [5.74, 6) is -2.59. The molecule has 262 valence electrons. The van der Waals surface area contributed by atoms with Crippen LogP contribution in [-0.2, 0) is 9.63 Å². The SMILES string of the molecule is C=CC(=O)Nc1cc(Nc2cc(N3OCCC3c3c(F)ccc(F)c3F)ncn2)c(OC)cc1N1CCC(N2CCN(C(C)C)CC2)CC1. The Balaban J connectivity index is 1.21. The van der Waals surface area contributed by atoms with Gasteiger partial charge in [0.15, 0.2) is 17.5 Å². The molecule has 2 aromatic carbocycles. The zero-order valence-electron chi connectivity index (χ0n) is 28.1. The van der Waals surface area contributed by atoms with Crippen LogP contribution < -0.4 is 25.3 Å². The van der Waals surface area contributed by atoms with Crippen LogP contribution in [0.15, 0.2) is 49.3 Å². The Hall–Kier alpha value is -4.40. The van der Waals surface area contributed by atoms with Gasteiger partial charge < -0.3 is 20.3 Å². The van der Waals surface area contributed by atoms with E-state index < -0.39 is 29.1 Å². The van der Waals surface area contributed by atoms with Crippen molar-refractivity contribution >= 4 is 34.6 Å². The predicted octanol–water partition coefficient (Wildman–Crippen LogP) is 5.65. The molecule has 2 N–H and O–H groups in total. The number of benzene rings is 2. The van der Waals surface area contributed by atoms with E-state index >= 15 is 0 Å². The Bertz CT molecular complexity index is 1660. The van der Waals surface area contributed by atoms with Crippen molar-refractivity contribution in [2.24, 2.45) is 0 Å². The first-order chi connectivity index (χ1) is 23.7. The van der Waals surface area contributed by atoms with E-state index in [4.69, 9.17) is 9.57 Å². The molecule has 1 unspecified atom stereocenters. The molecule has 3 aliphatic heterocycles. The van der Waals surface area contributed by atoms with Gasteiger partial charge in [0.05, 0.1) is 42.4 Å². The quantitative estimate of drug-likeness (QED) is 0.207. The summed E-state index contributed by atoms with van der Waals surface area (Å²) < 4.78 is 49.2. The number of hydroxylamine groups is 1. The average molecular weight is 681 g/mol. The van der Waals surface area contributed by atoms with Crippen LogP contribution in [0.1, 0.15) is 44.7 Å². The van der Waals surface area contributed by atoms with Gasteiger partial charge in [-0.2, -0.15) is 0 Å². The highest BCUT2D eigenvalue weighted by molar-refractivity contribution is 6.02. The third-order valence-electron chi connectivity index (χ3n) is 9.62. The molecular weight excluding hydrogens is 637 g/mol. The van der Waals surface area contributed by atoms with Crippen molar-refractivity contribution in [1.82, 2.24) is 19.8 Å². The highest BCUT2D eigenvalue weighted by Crippen LogP contribution is 2.41. The van der Waals surface area contributed by atoms with Crippen molar-refractivity contribution in [2.75, 3.05) is 73.6 Å². The van der Waals surface area contributed by atoms with E-state index in [0.717, 1.165) is 69.9 Å². The van der Waals surface area contributed by atoms with Crippen LogP contribution >= 0.6 is 0 Å². The topological polar surface area (TPSA) is 98.3 Å². The van der Waals surface area contributed by atoms with Crippen LogP contribution in [0.5, 0.6) is 5.75 Å². The highest BCUT2D eigenvalue weighted by atomic mass is 19.2. The lowest BCUT2D eigenvalue weighted by atomic mass is 10.0. The zero-order valence-corrected chi connectivity index (χ0v) is 28.1. The van der Waals surface area contributed by atoms with Gasteiger partial charge in [-0.05, 0) is 51.0 Å². The number of aromatic nitrogens is 2. The van der Waals surface area contributed by atoms with Gasteiger partial charge in [0.1, 0.15) is 23.7 Å². The van der Waals surface area contributed by atoms with Crippen LogP contribution in [0.25, 0.3) is 0 Å². The standard InChI is InChI=1S/C35H43F3N8O3/c1-5-33(47)42-26-18-27(30(48-4)19-29(26)45-11-8-23(9-12-45)44-15-13-43(14-16-44)22(2)3)41-31-20-32(40-21-39-31)46-28(10-17-49-46)34-24(36)6-7-25(37)35(34)38/h5-7,18-23,28H,1,8-17H2,2-4H3,(H,42,47)(H,39,40,41). The Labute approximate surface area is 284 Å². The minimum atomic E-state index is -1.26. The summed E-state index contributed by atoms with van der Waals surface area (Å²) in [6.07, 6.45) is 4.73. The predicted molar refractivity (Wildman–Crippen MR) is 183 cm³/mol. The lowest BCUT2D eigenvalue weighted by Gasteiger charge is -2.44. The largest absolute Gasteiger partial charge is 0.494 e. The molecule has 11 nitrogen and oxygen atoms in total. The average Bonchev–Trinajstić information content (AvgIpc) is 3.60. The van der Waals surface area contributed by atoms with E-state index in [1.807, 2.05) is 6.07 Å². The van der Waals surface area contributed by atoms with Crippen molar-refractivity contribution in [2.45, 2.75) is 51.2 Å². The highest BCUT2D eigenvalue weighted by Gasteiger charge is 2.35. The van der Waals surface area contributed by atoms with Gasteiger partial charge in [0, 0.05) is 69.9 Å². The number of nitrogens with zero attached hydrogens (tertiary/aromatic N) is 6. The van der Waals surface area contributed by atoms with Crippen LogP contribution in [-0.4, -0.2) is 90.7 Å².